The molecule has 0 aliphatic carbocycles. The molecule has 0 aromatic heterocycles. The highest BCUT2D eigenvalue weighted by Gasteiger charge is 2.50. The first kappa shape index (κ1) is 22.7. The lowest BCUT2D eigenvalue weighted by Crippen LogP contribution is -2.67. The van der Waals surface area contributed by atoms with Crippen molar-refractivity contribution in [2.75, 3.05) is 19.5 Å². The van der Waals surface area contributed by atoms with Crippen LogP contribution in [-0.4, -0.2) is 112 Å². The van der Waals surface area contributed by atoms with Crippen molar-refractivity contribution in [3.63, 3.8) is 0 Å². The van der Waals surface area contributed by atoms with Crippen molar-refractivity contribution in [3.05, 3.63) is 0 Å². The molecule has 0 saturated carbocycles. The molecule has 2 unspecified atom stereocenters. The van der Waals surface area contributed by atoms with E-state index in [1.165, 1.54) is 14.0 Å². The number of thiol groups is 1. The van der Waals surface area contributed by atoms with E-state index in [0.29, 0.717) is 0 Å². The number of ether oxygens (including phenoxy) is 4. The van der Waals surface area contributed by atoms with E-state index in [9.17, 15) is 30.3 Å². The van der Waals surface area contributed by atoms with E-state index in [0.717, 1.165) is 0 Å². The van der Waals surface area contributed by atoms with Crippen LogP contribution >= 0.6 is 12.6 Å². The van der Waals surface area contributed by atoms with E-state index >= 15 is 0 Å². The van der Waals surface area contributed by atoms with E-state index in [1.807, 2.05) is 0 Å². The van der Waals surface area contributed by atoms with Gasteiger partial charge in [0.2, 0.25) is 5.91 Å². The van der Waals surface area contributed by atoms with Crippen LogP contribution in [-0.2, 0) is 23.7 Å². The van der Waals surface area contributed by atoms with E-state index in [1.54, 1.807) is 0 Å². The Morgan fingerprint density at radius 2 is 1.67 bits per heavy atom. The van der Waals surface area contributed by atoms with Gasteiger partial charge in [0.1, 0.15) is 42.7 Å². The van der Waals surface area contributed by atoms with Crippen molar-refractivity contribution in [3.8, 4) is 0 Å². The molecule has 2 saturated heterocycles. The van der Waals surface area contributed by atoms with Crippen LogP contribution in [0.5, 0.6) is 0 Å². The minimum atomic E-state index is -1.51. The summed E-state index contributed by atoms with van der Waals surface area (Å²) in [5, 5.41) is 52.9. The Labute approximate surface area is 161 Å². The molecule has 2 aliphatic heterocycles. The van der Waals surface area contributed by atoms with Crippen molar-refractivity contribution >= 4 is 18.5 Å². The molecule has 2 aliphatic rings. The lowest BCUT2D eigenvalue weighted by molar-refractivity contribution is -0.341. The van der Waals surface area contributed by atoms with Crippen LogP contribution < -0.4 is 5.32 Å². The molecular formula is C15H27NO10S. The maximum Gasteiger partial charge on any atom is 0.217 e. The fourth-order valence-electron chi connectivity index (χ4n) is 3.16. The molecule has 158 valence electrons. The Bertz CT molecular complexity index is 497. The van der Waals surface area contributed by atoms with Crippen LogP contribution in [0.3, 0.4) is 0 Å². The highest BCUT2D eigenvalue weighted by atomic mass is 32.1. The predicted molar refractivity (Wildman–Crippen MR) is 91.8 cm³/mol. The second-order valence-corrected chi connectivity index (χ2v) is 6.84. The van der Waals surface area contributed by atoms with E-state index in [4.69, 9.17) is 18.9 Å². The van der Waals surface area contributed by atoms with Crippen molar-refractivity contribution in [2.24, 2.45) is 0 Å². The number of methoxy groups -OCH3 is 1. The average Bonchev–Trinajstić information content (AvgIpc) is 2.64. The Kier molecular flexibility index (Phi) is 8.24. The molecule has 1 amide bonds. The molecule has 0 radical (unpaired) electrons. The molecule has 0 bridgehead atoms. The molecule has 11 nitrogen and oxygen atoms in total. The molecule has 0 aromatic carbocycles. The molecule has 6 N–H and O–H groups in total. The minimum Gasteiger partial charge on any atom is -0.394 e. The van der Waals surface area contributed by atoms with Crippen molar-refractivity contribution in [2.45, 2.75) is 68.3 Å². The van der Waals surface area contributed by atoms with Gasteiger partial charge in [0, 0.05) is 19.8 Å². The van der Waals surface area contributed by atoms with Crippen molar-refractivity contribution in [1.29, 1.82) is 0 Å². The summed E-state index contributed by atoms with van der Waals surface area (Å²) in [4.78, 5) is 11.5. The van der Waals surface area contributed by atoms with Gasteiger partial charge in [0.25, 0.3) is 0 Å². The lowest BCUT2D eigenvalue weighted by Gasteiger charge is -2.47. The Balaban J connectivity index is 2.22. The van der Waals surface area contributed by atoms with Crippen LogP contribution in [0.1, 0.15) is 6.92 Å². The Morgan fingerprint density at radius 1 is 1.04 bits per heavy atom. The van der Waals surface area contributed by atoms with Crippen LogP contribution in [0.4, 0.5) is 0 Å². The quantitative estimate of drug-likeness (QED) is 0.216. The molecule has 2 fully saturated rings. The molecule has 0 aromatic rings. The Morgan fingerprint density at radius 3 is 2.19 bits per heavy atom. The van der Waals surface area contributed by atoms with Gasteiger partial charge in [-0.2, -0.15) is 12.6 Å². The number of carbonyl (C=O) groups is 1. The maximum absolute atomic E-state index is 11.5. The largest absolute Gasteiger partial charge is 0.394 e. The third-order valence-electron chi connectivity index (χ3n) is 4.59. The molecular weight excluding hydrogens is 386 g/mol. The summed E-state index contributed by atoms with van der Waals surface area (Å²) in [5.74, 6) is -0.460. The molecule has 2 rings (SSSR count). The summed E-state index contributed by atoms with van der Waals surface area (Å²) in [6.45, 7) is 0.649. The van der Waals surface area contributed by atoms with Crippen LogP contribution in [0, 0.1) is 0 Å². The number of aliphatic hydroxyl groups is 5. The zero-order valence-electron chi connectivity index (χ0n) is 14.9. The number of nitrogens with one attached hydrogen (secondary N) is 1. The standard InChI is InChI=1S/C15H27NO10S/c1-5(18)16-8-10(20)9(19)7(4-27)25-14(8)26-13-6(3-17)24-15(23-2)12(22)11(13)21/h6-15,17,19-22,27H,3-4H2,1-2H3,(H,16,18)/t6-,7-,8-,9-,10-,11-,12-,13-,14?,15?/m1/s1. The summed E-state index contributed by atoms with van der Waals surface area (Å²) < 4.78 is 21.5. The number of hydrogen-bond donors (Lipinski definition) is 7. The van der Waals surface area contributed by atoms with E-state index in [-0.39, 0.29) is 5.75 Å². The maximum atomic E-state index is 11.5. The smallest absolute Gasteiger partial charge is 0.217 e. The number of amides is 1. The SMILES string of the molecule is COC1O[C@H](CO)[C@@H](OC2O[C@H](CS)[C@@H](O)[C@H](O)[C@H]2NC(C)=O)[C@H](O)[C@H]1O. The summed E-state index contributed by atoms with van der Waals surface area (Å²) in [6, 6.07) is -1.17. The molecule has 10 atom stereocenters. The number of aliphatic hydroxyl groups excluding tert-OH is 5. The second kappa shape index (κ2) is 9.78. The topological polar surface area (TPSA) is 167 Å². The van der Waals surface area contributed by atoms with Gasteiger partial charge in [0.05, 0.1) is 12.7 Å². The first-order chi connectivity index (χ1) is 12.7. The summed E-state index contributed by atoms with van der Waals surface area (Å²) in [6.07, 6.45) is -11.5. The van der Waals surface area contributed by atoms with Gasteiger partial charge in [-0.25, -0.2) is 0 Å². The summed E-state index contributed by atoms with van der Waals surface area (Å²) >= 11 is 4.05. The zero-order chi connectivity index (χ0) is 20.3. The summed E-state index contributed by atoms with van der Waals surface area (Å²) in [5.41, 5.74) is 0. The fraction of sp³-hybridized carbons (Fsp3) is 0.933. The molecule has 12 heteroatoms. The second-order valence-electron chi connectivity index (χ2n) is 6.48. The lowest BCUT2D eigenvalue weighted by atomic mass is 9.96. The van der Waals surface area contributed by atoms with Gasteiger partial charge in [-0.05, 0) is 0 Å². The minimum absolute atomic E-state index is 0.0480. The predicted octanol–water partition coefficient (Wildman–Crippen LogP) is -3.66. The monoisotopic (exact) mass is 413 g/mol. The van der Waals surface area contributed by atoms with Crippen LogP contribution in [0.2, 0.25) is 0 Å². The molecule has 27 heavy (non-hydrogen) atoms. The van der Waals surface area contributed by atoms with Gasteiger partial charge in [-0.15, -0.1) is 0 Å². The number of hydrogen-bond acceptors (Lipinski definition) is 11. The normalized spacial score (nSPS) is 45.5. The highest BCUT2D eigenvalue weighted by molar-refractivity contribution is 7.80. The summed E-state index contributed by atoms with van der Waals surface area (Å²) in [7, 11) is 1.27. The van der Waals surface area contributed by atoms with Crippen molar-refractivity contribution < 1.29 is 49.3 Å². The van der Waals surface area contributed by atoms with Crippen LogP contribution in [0.25, 0.3) is 0 Å². The third-order valence-corrected chi connectivity index (χ3v) is 4.95. The highest BCUT2D eigenvalue weighted by Crippen LogP contribution is 2.29. The Hall–Kier alpha value is -0.540. The van der Waals surface area contributed by atoms with E-state index in [2.05, 4.69) is 17.9 Å². The third kappa shape index (κ3) is 4.90. The van der Waals surface area contributed by atoms with Gasteiger partial charge in [0.15, 0.2) is 12.6 Å². The molecule has 0 spiro atoms. The number of rotatable bonds is 6. The first-order valence-corrected chi connectivity index (χ1v) is 9.08. The fourth-order valence-corrected chi connectivity index (χ4v) is 3.46. The van der Waals surface area contributed by atoms with E-state index < -0.39 is 73.9 Å². The van der Waals surface area contributed by atoms with Crippen LogP contribution in [0.15, 0.2) is 0 Å². The first-order valence-electron chi connectivity index (χ1n) is 8.45. The van der Waals surface area contributed by atoms with Gasteiger partial charge in [-0.3, -0.25) is 4.79 Å². The zero-order valence-corrected chi connectivity index (χ0v) is 15.8. The average molecular weight is 413 g/mol. The number of carbonyl (C=O) groups excluding carboxylic acids is 1. The van der Waals surface area contributed by atoms with Crippen molar-refractivity contribution in [1.82, 2.24) is 5.32 Å². The van der Waals surface area contributed by atoms with Gasteiger partial charge >= 0.3 is 0 Å². The molecule has 2 heterocycles. The van der Waals surface area contributed by atoms with Gasteiger partial charge < -0.3 is 49.8 Å². The van der Waals surface area contributed by atoms with Gasteiger partial charge in [-0.1, -0.05) is 0 Å².